The number of nitrogens with one attached hydrogen (secondary N) is 1. The Morgan fingerprint density at radius 1 is 1.00 bits per heavy atom. The lowest BCUT2D eigenvalue weighted by Gasteiger charge is -2.11. The third kappa shape index (κ3) is 4.44. The number of amides is 1. The molecule has 0 atom stereocenters. The van der Waals surface area contributed by atoms with Gasteiger partial charge in [-0.3, -0.25) is 4.79 Å². The number of hydrogen-bond acceptors (Lipinski definition) is 2. The van der Waals surface area contributed by atoms with Crippen molar-refractivity contribution >= 4 is 23.2 Å². The number of halogens is 1. The molecule has 0 heterocycles. The van der Waals surface area contributed by atoms with E-state index in [-0.39, 0.29) is 5.91 Å². The van der Waals surface area contributed by atoms with Crippen molar-refractivity contribution in [3.05, 3.63) is 94.0 Å². The van der Waals surface area contributed by atoms with Crippen molar-refractivity contribution in [1.29, 1.82) is 0 Å². The van der Waals surface area contributed by atoms with Gasteiger partial charge >= 0.3 is 0 Å². The highest BCUT2D eigenvalue weighted by Crippen LogP contribution is 2.21. The maximum absolute atomic E-state index is 12.6. The van der Waals surface area contributed by atoms with E-state index in [1.54, 1.807) is 18.2 Å². The predicted molar refractivity (Wildman–Crippen MR) is 106 cm³/mol. The molecule has 4 heteroatoms. The fourth-order valence-corrected chi connectivity index (χ4v) is 2.76. The average Bonchev–Trinajstić information content (AvgIpc) is 2.64. The van der Waals surface area contributed by atoms with Gasteiger partial charge in [-0.15, -0.1) is 0 Å². The van der Waals surface area contributed by atoms with Crippen LogP contribution in [0, 0.1) is 13.8 Å². The number of carbonyl (C=O) groups is 1. The van der Waals surface area contributed by atoms with Gasteiger partial charge in [0.1, 0.15) is 12.4 Å². The monoisotopic (exact) mass is 365 g/mol. The van der Waals surface area contributed by atoms with Gasteiger partial charge in [0, 0.05) is 21.8 Å². The second kappa shape index (κ2) is 8.07. The van der Waals surface area contributed by atoms with Gasteiger partial charge in [-0.2, -0.15) is 0 Å². The van der Waals surface area contributed by atoms with Crippen LogP contribution in [0.4, 0.5) is 5.69 Å². The van der Waals surface area contributed by atoms with Crippen molar-refractivity contribution in [2.75, 3.05) is 5.32 Å². The molecule has 1 amide bonds. The molecule has 0 aliphatic carbocycles. The number of anilines is 1. The molecule has 0 aliphatic heterocycles. The number of ether oxygens (including phenoxy) is 1. The Bertz CT molecular complexity index is 937. The number of rotatable bonds is 5. The molecular weight excluding hydrogens is 346 g/mol. The first-order valence-corrected chi connectivity index (χ1v) is 8.75. The predicted octanol–water partition coefficient (Wildman–Crippen LogP) is 5.79. The van der Waals surface area contributed by atoms with Gasteiger partial charge in [-0.25, -0.2) is 0 Å². The van der Waals surface area contributed by atoms with Gasteiger partial charge in [-0.1, -0.05) is 48.0 Å². The maximum Gasteiger partial charge on any atom is 0.255 e. The summed E-state index contributed by atoms with van der Waals surface area (Å²) in [5.74, 6) is 0.459. The fourth-order valence-electron chi connectivity index (χ4n) is 2.57. The molecule has 0 fully saturated rings. The van der Waals surface area contributed by atoms with Crippen molar-refractivity contribution in [3.8, 4) is 5.75 Å². The first-order valence-electron chi connectivity index (χ1n) is 8.38. The zero-order chi connectivity index (χ0) is 18.5. The van der Waals surface area contributed by atoms with Crippen molar-refractivity contribution in [2.45, 2.75) is 20.5 Å². The molecule has 132 valence electrons. The molecule has 0 radical (unpaired) electrons. The third-order valence-corrected chi connectivity index (χ3v) is 4.46. The lowest BCUT2D eigenvalue weighted by molar-refractivity contribution is 0.102. The fraction of sp³-hybridized carbons (Fsp3) is 0.136. The molecule has 0 saturated heterocycles. The first kappa shape index (κ1) is 18.0. The maximum atomic E-state index is 12.6. The largest absolute Gasteiger partial charge is 0.489 e. The van der Waals surface area contributed by atoms with Crippen molar-refractivity contribution in [3.63, 3.8) is 0 Å². The topological polar surface area (TPSA) is 38.3 Å². The van der Waals surface area contributed by atoms with Gasteiger partial charge in [0.25, 0.3) is 5.91 Å². The zero-order valence-electron chi connectivity index (χ0n) is 14.8. The van der Waals surface area contributed by atoms with E-state index in [1.165, 1.54) is 0 Å². The van der Waals surface area contributed by atoms with Crippen LogP contribution in [-0.2, 0) is 6.61 Å². The molecule has 0 unspecified atom stereocenters. The Morgan fingerprint density at radius 2 is 1.81 bits per heavy atom. The molecule has 0 spiro atoms. The van der Waals surface area contributed by atoms with E-state index < -0.39 is 0 Å². The van der Waals surface area contributed by atoms with Crippen molar-refractivity contribution in [1.82, 2.24) is 0 Å². The van der Waals surface area contributed by atoms with Crippen LogP contribution < -0.4 is 10.1 Å². The molecule has 0 aliphatic rings. The molecule has 26 heavy (non-hydrogen) atoms. The van der Waals surface area contributed by atoms with Crippen LogP contribution in [0.15, 0.2) is 66.7 Å². The SMILES string of the molecule is Cc1ccc(C)c(NC(=O)c2cccc(OCc3ccccc3Cl)c2)c1. The molecule has 3 rings (SSSR count). The lowest BCUT2D eigenvalue weighted by Crippen LogP contribution is -2.13. The highest BCUT2D eigenvalue weighted by molar-refractivity contribution is 6.31. The smallest absolute Gasteiger partial charge is 0.255 e. The van der Waals surface area contributed by atoms with Crippen LogP contribution in [0.3, 0.4) is 0 Å². The average molecular weight is 366 g/mol. The number of benzene rings is 3. The molecule has 0 bridgehead atoms. The molecule has 0 aromatic heterocycles. The Labute approximate surface area is 158 Å². The highest BCUT2D eigenvalue weighted by atomic mass is 35.5. The normalized spacial score (nSPS) is 10.4. The van der Waals surface area contributed by atoms with Gasteiger partial charge in [-0.05, 0) is 55.3 Å². The number of aryl methyl sites for hydroxylation is 2. The van der Waals surface area contributed by atoms with E-state index >= 15 is 0 Å². The Balaban J connectivity index is 1.71. The van der Waals surface area contributed by atoms with Gasteiger partial charge < -0.3 is 10.1 Å². The summed E-state index contributed by atoms with van der Waals surface area (Å²) in [6.45, 7) is 4.32. The minimum Gasteiger partial charge on any atom is -0.489 e. The van der Waals surface area contributed by atoms with Crippen molar-refractivity contribution < 1.29 is 9.53 Å². The first-order chi connectivity index (χ1) is 12.5. The van der Waals surface area contributed by atoms with Gasteiger partial charge in [0.2, 0.25) is 0 Å². The Kier molecular flexibility index (Phi) is 5.59. The second-order valence-corrected chi connectivity index (χ2v) is 6.59. The summed E-state index contributed by atoms with van der Waals surface area (Å²) in [5, 5.41) is 3.63. The molecule has 3 aromatic rings. The molecular formula is C22H20ClNO2. The lowest BCUT2D eigenvalue weighted by atomic mass is 10.1. The summed E-state index contributed by atoms with van der Waals surface area (Å²) >= 11 is 6.15. The Morgan fingerprint density at radius 3 is 2.62 bits per heavy atom. The molecule has 3 aromatic carbocycles. The summed E-state index contributed by atoms with van der Waals surface area (Å²) in [6, 6.07) is 20.6. The van der Waals surface area contributed by atoms with Crippen LogP contribution in [-0.4, -0.2) is 5.91 Å². The van der Waals surface area contributed by atoms with Gasteiger partial charge in [0.05, 0.1) is 0 Å². The van der Waals surface area contributed by atoms with E-state index in [0.717, 1.165) is 22.4 Å². The van der Waals surface area contributed by atoms with Crippen LogP contribution in [0.2, 0.25) is 5.02 Å². The van der Waals surface area contributed by atoms with E-state index in [1.807, 2.05) is 62.4 Å². The Hall–Kier alpha value is -2.78. The quantitative estimate of drug-likeness (QED) is 0.621. The zero-order valence-corrected chi connectivity index (χ0v) is 15.5. The summed E-state index contributed by atoms with van der Waals surface area (Å²) in [5.41, 5.74) is 4.39. The van der Waals surface area contributed by atoms with E-state index in [2.05, 4.69) is 5.32 Å². The highest BCUT2D eigenvalue weighted by Gasteiger charge is 2.09. The van der Waals surface area contributed by atoms with Crippen LogP contribution in [0.25, 0.3) is 0 Å². The summed E-state index contributed by atoms with van der Waals surface area (Å²) in [6.07, 6.45) is 0. The second-order valence-electron chi connectivity index (χ2n) is 6.18. The number of carbonyl (C=O) groups excluding carboxylic acids is 1. The summed E-state index contributed by atoms with van der Waals surface area (Å²) in [7, 11) is 0. The molecule has 0 saturated carbocycles. The minimum absolute atomic E-state index is 0.165. The molecule has 1 N–H and O–H groups in total. The van der Waals surface area contributed by atoms with E-state index in [0.29, 0.717) is 22.9 Å². The van der Waals surface area contributed by atoms with Gasteiger partial charge in [0.15, 0.2) is 0 Å². The number of hydrogen-bond donors (Lipinski definition) is 1. The van der Waals surface area contributed by atoms with E-state index in [4.69, 9.17) is 16.3 Å². The van der Waals surface area contributed by atoms with Crippen molar-refractivity contribution in [2.24, 2.45) is 0 Å². The third-order valence-electron chi connectivity index (χ3n) is 4.09. The summed E-state index contributed by atoms with van der Waals surface area (Å²) < 4.78 is 5.79. The van der Waals surface area contributed by atoms with Crippen LogP contribution in [0.5, 0.6) is 5.75 Å². The van der Waals surface area contributed by atoms with Crippen LogP contribution >= 0.6 is 11.6 Å². The standard InChI is InChI=1S/C22H20ClNO2/c1-15-10-11-16(2)21(12-15)24-22(25)17-7-5-8-19(13-17)26-14-18-6-3-4-9-20(18)23/h3-13H,14H2,1-2H3,(H,24,25). The minimum atomic E-state index is -0.165. The van der Waals surface area contributed by atoms with Crippen LogP contribution in [0.1, 0.15) is 27.0 Å². The molecule has 3 nitrogen and oxygen atoms in total. The van der Waals surface area contributed by atoms with E-state index in [9.17, 15) is 4.79 Å². The summed E-state index contributed by atoms with van der Waals surface area (Å²) in [4.78, 5) is 12.6.